The number of hydrogen-bond acceptors (Lipinski definition) is 2. The summed E-state index contributed by atoms with van der Waals surface area (Å²) in [5.41, 5.74) is 0. The standard InChI is InChI=1S/C15H30N2/c1-3-17(13-9-7-8-10-13)15-12-6-4-5-11-14(15)16-2/h13-16H,3-12H2,1-2H3. The second-order valence-electron chi connectivity index (χ2n) is 5.87. The Labute approximate surface area is 107 Å². The Bertz CT molecular complexity index is 211. The van der Waals surface area contributed by atoms with Gasteiger partial charge in [-0.2, -0.15) is 0 Å². The number of hydrogen-bond donors (Lipinski definition) is 1. The van der Waals surface area contributed by atoms with Crippen LogP contribution in [0.3, 0.4) is 0 Å². The molecular weight excluding hydrogens is 208 g/mol. The zero-order chi connectivity index (χ0) is 12.1. The van der Waals surface area contributed by atoms with E-state index in [9.17, 15) is 0 Å². The van der Waals surface area contributed by atoms with Gasteiger partial charge in [-0.15, -0.1) is 0 Å². The topological polar surface area (TPSA) is 15.3 Å². The van der Waals surface area contributed by atoms with Crippen LogP contribution in [-0.2, 0) is 0 Å². The maximum absolute atomic E-state index is 3.59. The normalized spacial score (nSPS) is 31.9. The van der Waals surface area contributed by atoms with Crippen LogP contribution in [0.2, 0.25) is 0 Å². The Morgan fingerprint density at radius 1 is 0.941 bits per heavy atom. The molecule has 100 valence electrons. The van der Waals surface area contributed by atoms with Gasteiger partial charge in [0.25, 0.3) is 0 Å². The molecule has 0 radical (unpaired) electrons. The Balaban J connectivity index is 2.03. The third-order valence-corrected chi connectivity index (χ3v) is 4.94. The molecule has 0 saturated heterocycles. The summed E-state index contributed by atoms with van der Waals surface area (Å²) in [6, 6.07) is 2.42. The first kappa shape index (κ1) is 13.4. The van der Waals surface area contributed by atoms with E-state index in [2.05, 4.69) is 24.2 Å². The van der Waals surface area contributed by atoms with E-state index < -0.39 is 0 Å². The van der Waals surface area contributed by atoms with Crippen molar-refractivity contribution in [2.45, 2.75) is 82.8 Å². The summed E-state index contributed by atoms with van der Waals surface area (Å²) in [4.78, 5) is 2.83. The van der Waals surface area contributed by atoms with Gasteiger partial charge in [-0.25, -0.2) is 0 Å². The van der Waals surface area contributed by atoms with E-state index in [0.717, 1.165) is 18.1 Å². The van der Waals surface area contributed by atoms with Crippen molar-refractivity contribution in [1.82, 2.24) is 10.2 Å². The highest BCUT2D eigenvalue weighted by Gasteiger charge is 2.32. The number of nitrogens with one attached hydrogen (secondary N) is 1. The van der Waals surface area contributed by atoms with Crippen molar-refractivity contribution in [1.29, 1.82) is 0 Å². The van der Waals surface area contributed by atoms with Crippen LogP contribution in [0.4, 0.5) is 0 Å². The molecule has 0 bridgehead atoms. The van der Waals surface area contributed by atoms with Gasteiger partial charge in [-0.05, 0) is 39.3 Å². The van der Waals surface area contributed by atoms with Gasteiger partial charge in [0.05, 0.1) is 0 Å². The lowest BCUT2D eigenvalue weighted by Crippen LogP contribution is -2.51. The van der Waals surface area contributed by atoms with E-state index in [1.165, 1.54) is 64.3 Å². The largest absolute Gasteiger partial charge is 0.315 e. The molecule has 0 aromatic rings. The predicted molar refractivity (Wildman–Crippen MR) is 74.4 cm³/mol. The fraction of sp³-hybridized carbons (Fsp3) is 1.00. The molecule has 17 heavy (non-hydrogen) atoms. The smallest absolute Gasteiger partial charge is 0.0252 e. The van der Waals surface area contributed by atoms with Crippen molar-refractivity contribution in [2.75, 3.05) is 13.6 Å². The predicted octanol–water partition coefficient (Wildman–Crippen LogP) is 3.17. The molecule has 2 rings (SSSR count). The van der Waals surface area contributed by atoms with Crippen LogP contribution in [0.1, 0.15) is 64.7 Å². The van der Waals surface area contributed by atoms with Crippen molar-refractivity contribution in [3.05, 3.63) is 0 Å². The van der Waals surface area contributed by atoms with E-state index in [4.69, 9.17) is 0 Å². The van der Waals surface area contributed by atoms with Crippen LogP contribution < -0.4 is 5.32 Å². The van der Waals surface area contributed by atoms with Crippen LogP contribution in [0.5, 0.6) is 0 Å². The highest BCUT2D eigenvalue weighted by Crippen LogP contribution is 2.30. The summed E-state index contributed by atoms with van der Waals surface area (Å²) in [5, 5.41) is 3.59. The van der Waals surface area contributed by atoms with Crippen LogP contribution in [0.15, 0.2) is 0 Å². The summed E-state index contributed by atoms with van der Waals surface area (Å²) < 4.78 is 0. The van der Waals surface area contributed by atoms with Gasteiger partial charge in [0.1, 0.15) is 0 Å². The summed E-state index contributed by atoms with van der Waals surface area (Å²) >= 11 is 0. The maximum Gasteiger partial charge on any atom is 0.0252 e. The zero-order valence-corrected chi connectivity index (χ0v) is 11.8. The first-order valence-corrected chi connectivity index (χ1v) is 7.79. The average Bonchev–Trinajstić information content (AvgIpc) is 2.76. The lowest BCUT2D eigenvalue weighted by atomic mass is 9.99. The highest BCUT2D eigenvalue weighted by molar-refractivity contribution is 4.90. The molecule has 2 heteroatoms. The quantitative estimate of drug-likeness (QED) is 0.757. The maximum atomic E-state index is 3.59. The molecule has 0 spiro atoms. The fourth-order valence-corrected chi connectivity index (χ4v) is 4.02. The Kier molecular flexibility index (Phi) is 5.30. The minimum absolute atomic E-state index is 0.734. The molecule has 0 heterocycles. The molecule has 2 saturated carbocycles. The van der Waals surface area contributed by atoms with E-state index in [1.807, 2.05) is 0 Å². The molecule has 0 amide bonds. The Morgan fingerprint density at radius 2 is 1.59 bits per heavy atom. The minimum atomic E-state index is 0.734. The van der Waals surface area contributed by atoms with Gasteiger partial charge in [0, 0.05) is 18.1 Å². The second kappa shape index (κ2) is 6.75. The molecule has 2 nitrogen and oxygen atoms in total. The number of nitrogens with zero attached hydrogens (tertiary/aromatic N) is 1. The van der Waals surface area contributed by atoms with Crippen molar-refractivity contribution in [3.8, 4) is 0 Å². The van der Waals surface area contributed by atoms with Gasteiger partial charge in [-0.3, -0.25) is 4.90 Å². The molecular formula is C15H30N2. The van der Waals surface area contributed by atoms with E-state index in [-0.39, 0.29) is 0 Å². The summed E-state index contributed by atoms with van der Waals surface area (Å²) in [6.45, 7) is 3.60. The molecule has 2 atom stereocenters. The van der Waals surface area contributed by atoms with Crippen molar-refractivity contribution in [2.24, 2.45) is 0 Å². The molecule has 2 fully saturated rings. The van der Waals surface area contributed by atoms with Gasteiger partial charge < -0.3 is 5.32 Å². The van der Waals surface area contributed by atoms with Crippen LogP contribution >= 0.6 is 0 Å². The first-order valence-electron chi connectivity index (χ1n) is 7.79. The summed E-state index contributed by atoms with van der Waals surface area (Å²) in [6.07, 6.45) is 12.9. The van der Waals surface area contributed by atoms with E-state index in [1.54, 1.807) is 0 Å². The molecule has 0 aliphatic heterocycles. The SMILES string of the molecule is CCN(C1CCCC1)C1CCCCCC1NC. The van der Waals surface area contributed by atoms with Gasteiger partial charge in [0.15, 0.2) is 0 Å². The van der Waals surface area contributed by atoms with Crippen LogP contribution in [-0.4, -0.2) is 36.6 Å². The second-order valence-corrected chi connectivity index (χ2v) is 5.87. The van der Waals surface area contributed by atoms with Crippen molar-refractivity contribution >= 4 is 0 Å². The van der Waals surface area contributed by atoms with Gasteiger partial charge in [-0.1, -0.05) is 39.0 Å². The average molecular weight is 238 g/mol. The van der Waals surface area contributed by atoms with Crippen molar-refractivity contribution < 1.29 is 0 Å². The minimum Gasteiger partial charge on any atom is -0.315 e. The van der Waals surface area contributed by atoms with Gasteiger partial charge in [0.2, 0.25) is 0 Å². The van der Waals surface area contributed by atoms with E-state index in [0.29, 0.717) is 0 Å². The lowest BCUT2D eigenvalue weighted by Gasteiger charge is -2.39. The molecule has 2 aliphatic rings. The number of rotatable bonds is 4. The Hall–Kier alpha value is -0.0800. The van der Waals surface area contributed by atoms with Gasteiger partial charge >= 0.3 is 0 Å². The molecule has 0 aromatic heterocycles. The number of likely N-dealkylation sites (N-methyl/N-ethyl adjacent to an activating group) is 2. The third-order valence-electron chi connectivity index (χ3n) is 4.94. The Morgan fingerprint density at radius 3 is 2.24 bits per heavy atom. The van der Waals surface area contributed by atoms with Crippen LogP contribution in [0.25, 0.3) is 0 Å². The molecule has 0 aromatic carbocycles. The van der Waals surface area contributed by atoms with Crippen molar-refractivity contribution in [3.63, 3.8) is 0 Å². The molecule has 2 aliphatic carbocycles. The zero-order valence-electron chi connectivity index (χ0n) is 11.8. The lowest BCUT2D eigenvalue weighted by molar-refractivity contribution is 0.108. The first-order chi connectivity index (χ1) is 8.36. The van der Waals surface area contributed by atoms with Crippen LogP contribution in [0, 0.1) is 0 Å². The van der Waals surface area contributed by atoms with E-state index >= 15 is 0 Å². The fourth-order valence-electron chi connectivity index (χ4n) is 4.02. The highest BCUT2D eigenvalue weighted by atomic mass is 15.2. The third kappa shape index (κ3) is 3.23. The molecule has 2 unspecified atom stereocenters. The summed E-state index contributed by atoms with van der Waals surface area (Å²) in [7, 11) is 2.16. The monoisotopic (exact) mass is 238 g/mol. The molecule has 1 N–H and O–H groups in total. The summed E-state index contributed by atoms with van der Waals surface area (Å²) in [5.74, 6) is 0.